The van der Waals surface area contributed by atoms with Gasteiger partial charge in [-0.25, -0.2) is 8.78 Å². The molecule has 0 amide bonds. The number of hydrogen-bond acceptors (Lipinski definition) is 0. The Balaban J connectivity index is 2.05. The smallest absolute Gasteiger partial charge is 0.210 e. The van der Waals surface area contributed by atoms with E-state index in [0.717, 1.165) is 19.3 Å². The zero-order chi connectivity index (χ0) is 7.35. The third-order valence-electron chi connectivity index (χ3n) is 2.79. The van der Waals surface area contributed by atoms with Crippen molar-refractivity contribution in [3.8, 4) is 0 Å². The predicted octanol–water partition coefficient (Wildman–Crippen LogP) is 2.86. The SMILES string of the molecule is FC(F)C1CC2(I)CC1C2. The maximum absolute atomic E-state index is 12.2. The van der Waals surface area contributed by atoms with Crippen molar-refractivity contribution in [3.05, 3.63) is 0 Å². The lowest BCUT2D eigenvalue weighted by atomic mass is 9.82. The van der Waals surface area contributed by atoms with E-state index in [1.807, 2.05) is 0 Å². The quantitative estimate of drug-likeness (QED) is 0.501. The van der Waals surface area contributed by atoms with Gasteiger partial charge in [-0.2, -0.15) is 0 Å². The van der Waals surface area contributed by atoms with Gasteiger partial charge in [-0.1, -0.05) is 22.6 Å². The summed E-state index contributed by atoms with van der Waals surface area (Å²) in [7, 11) is 0. The van der Waals surface area contributed by atoms with Crippen LogP contribution in [0, 0.1) is 11.8 Å². The third-order valence-corrected chi connectivity index (χ3v) is 4.11. The Morgan fingerprint density at radius 1 is 1.30 bits per heavy atom. The largest absolute Gasteiger partial charge is 0.241 e. The van der Waals surface area contributed by atoms with Gasteiger partial charge in [0, 0.05) is 9.34 Å². The van der Waals surface area contributed by atoms with Gasteiger partial charge in [0.2, 0.25) is 6.43 Å². The molecule has 0 radical (unpaired) electrons. The van der Waals surface area contributed by atoms with Gasteiger partial charge in [-0.05, 0) is 25.2 Å². The lowest BCUT2D eigenvalue weighted by Crippen LogP contribution is -2.28. The van der Waals surface area contributed by atoms with Gasteiger partial charge in [0.15, 0.2) is 0 Å². The summed E-state index contributed by atoms with van der Waals surface area (Å²) in [4.78, 5) is 0. The maximum atomic E-state index is 12.2. The lowest BCUT2D eigenvalue weighted by molar-refractivity contribution is 0.0604. The van der Waals surface area contributed by atoms with Gasteiger partial charge in [0.25, 0.3) is 0 Å². The van der Waals surface area contributed by atoms with Crippen LogP contribution in [0.15, 0.2) is 0 Å². The van der Waals surface area contributed by atoms with Crippen LogP contribution in [0.3, 0.4) is 0 Å². The van der Waals surface area contributed by atoms with Crippen LogP contribution in [-0.4, -0.2) is 9.85 Å². The van der Waals surface area contributed by atoms with Crippen molar-refractivity contribution >= 4 is 22.6 Å². The minimum absolute atomic E-state index is 0.267. The normalized spacial score (nSPS) is 51.6. The first-order chi connectivity index (χ1) is 4.61. The molecule has 0 saturated heterocycles. The summed E-state index contributed by atoms with van der Waals surface area (Å²) < 4.78 is 24.6. The average Bonchev–Trinajstić information content (AvgIpc) is 2.17. The topological polar surface area (TPSA) is 0 Å². The zero-order valence-corrected chi connectivity index (χ0v) is 7.64. The van der Waals surface area contributed by atoms with E-state index in [4.69, 9.17) is 0 Å². The summed E-state index contributed by atoms with van der Waals surface area (Å²) in [5.41, 5.74) is 0. The highest BCUT2D eigenvalue weighted by Crippen LogP contribution is 2.61. The third kappa shape index (κ3) is 0.889. The van der Waals surface area contributed by atoms with Crippen molar-refractivity contribution < 1.29 is 8.78 Å². The molecule has 10 heavy (non-hydrogen) atoms. The van der Waals surface area contributed by atoms with Gasteiger partial charge in [0.05, 0.1) is 0 Å². The molecule has 1 unspecified atom stereocenters. The van der Waals surface area contributed by atoms with E-state index in [1.54, 1.807) is 0 Å². The molecule has 0 aromatic heterocycles. The number of halogens is 3. The van der Waals surface area contributed by atoms with Crippen molar-refractivity contribution in [3.63, 3.8) is 0 Å². The van der Waals surface area contributed by atoms with E-state index < -0.39 is 6.43 Å². The van der Waals surface area contributed by atoms with Crippen LogP contribution in [-0.2, 0) is 0 Å². The zero-order valence-electron chi connectivity index (χ0n) is 5.49. The summed E-state index contributed by atoms with van der Waals surface area (Å²) in [6.45, 7) is 0. The Hall–Kier alpha value is 0.590. The molecule has 58 valence electrons. The molecule has 3 aliphatic carbocycles. The molecule has 0 aromatic rings. The number of hydrogen-bond donors (Lipinski definition) is 0. The summed E-state index contributed by atoms with van der Waals surface area (Å²) in [6, 6.07) is 0. The molecule has 3 saturated carbocycles. The van der Waals surface area contributed by atoms with Crippen molar-refractivity contribution in [1.29, 1.82) is 0 Å². The monoisotopic (exact) mass is 258 g/mol. The van der Waals surface area contributed by atoms with Crippen LogP contribution < -0.4 is 0 Å². The summed E-state index contributed by atoms with van der Waals surface area (Å²) in [5, 5.41) is 0. The molecule has 0 spiro atoms. The minimum atomic E-state index is -2.07. The highest BCUT2D eigenvalue weighted by Gasteiger charge is 2.56. The van der Waals surface area contributed by atoms with Gasteiger partial charge >= 0.3 is 0 Å². The second-order valence-corrected chi connectivity index (χ2v) is 5.81. The molecule has 0 aliphatic heterocycles. The first kappa shape index (κ1) is 7.25. The second-order valence-electron chi connectivity index (χ2n) is 3.52. The van der Waals surface area contributed by atoms with Gasteiger partial charge in [-0.15, -0.1) is 0 Å². The minimum Gasteiger partial charge on any atom is -0.210 e. The van der Waals surface area contributed by atoms with Gasteiger partial charge in [-0.3, -0.25) is 0 Å². The molecule has 0 N–H and O–H groups in total. The first-order valence-electron chi connectivity index (χ1n) is 3.58. The number of fused-ring (bicyclic) bond motifs is 1. The fraction of sp³-hybridized carbons (Fsp3) is 1.00. The van der Waals surface area contributed by atoms with E-state index in [1.165, 1.54) is 0 Å². The highest BCUT2D eigenvalue weighted by molar-refractivity contribution is 14.1. The molecule has 0 heterocycles. The molecular weight excluding hydrogens is 249 g/mol. The lowest BCUT2D eigenvalue weighted by Gasteiger charge is -2.32. The number of alkyl halides is 3. The van der Waals surface area contributed by atoms with Crippen LogP contribution >= 0.6 is 22.6 Å². The van der Waals surface area contributed by atoms with Crippen molar-refractivity contribution in [2.24, 2.45) is 11.8 Å². The molecular formula is C7H9F2I. The molecule has 2 bridgehead atoms. The van der Waals surface area contributed by atoms with E-state index >= 15 is 0 Å². The fourth-order valence-electron chi connectivity index (χ4n) is 2.23. The molecule has 3 rings (SSSR count). The Morgan fingerprint density at radius 2 is 1.90 bits per heavy atom. The summed E-state index contributed by atoms with van der Waals surface area (Å²) in [6.07, 6.45) is 0.783. The van der Waals surface area contributed by atoms with Crippen molar-refractivity contribution in [2.45, 2.75) is 29.1 Å². The van der Waals surface area contributed by atoms with Crippen molar-refractivity contribution in [1.82, 2.24) is 0 Å². The fourth-order valence-corrected chi connectivity index (χ4v) is 3.87. The van der Waals surface area contributed by atoms with Crippen molar-refractivity contribution in [2.75, 3.05) is 0 Å². The number of rotatable bonds is 1. The van der Waals surface area contributed by atoms with Crippen LogP contribution in [0.4, 0.5) is 8.78 Å². The second kappa shape index (κ2) is 2.05. The van der Waals surface area contributed by atoms with E-state index in [9.17, 15) is 8.78 Å². The Kier molecular flexibility index (Phi) is 1.48. The Labute approximate surface area is 72.5 Å². The maximum Gasteiger partial charge on any atom is 0.241 e. The molecule has 0 nitrogen and oxygen atoms in total. The van der Waals surface area contributed by atoms with Crippen LogP contribution in [0.25, 0.3) is 0 Å². The van der Waals surface area contributed by atoms with Crippen LogP contribution in [0.1, 0.15) is 19.3 Å². The Bertz CT molecular complexity index is 152. The molecule has 1 atom stereocenters. The van der Waals surface area contributed by atoms with Crippen LogP contribution in [0.5, 0.6) is 0 Å². The first-order valence-corrected chi connectivity index (χ1v) is 4.66. The Morgan fingerprint density at radius 3 is 2.10 bits per heavy atom. The molecule has 3 heteroatoms. The standard InChI is InChI=1S/C7H9F2I/c8-6(9)5-3-7(10)1-4(5)2-7/h4-6H,1-3H2. The molecule has 3 fully saturated rings. The predicted molar refractivity (Wildman–Crippen MR) is 43.6 cm³/mol. The average molecular weight is 258 g/mol. The molecule has 3 aliphatic rings. The molecule has 0 aromatic carbocycles. The summed E-state index contributed by atoms with van der Waals surface area (Å²) in [5.74, 6) is 0.0915. The van der Waals surface area contributed by atoms with E-state index in [2.05, 4.69) is 22.6 Å². The highest BCUT2D eigenvalue weighted by atomic mass is 127. The van der Waals surface area contributed by atoms with Gasteiger partial charge in [0.1, 0.15) is 0 Å². The summed E-state index contributed by atoms with van der Waals surface area (Å²) >= 11 is 2.35. The van der Waals surface area contributed by atoms with E-state index in [-0.39, 0.29) is 9.34 Å². The van der Waals surface area contributed by atoms with E-state index in [0.29, 0.717) is 5.92 Å². The van der Waals surface area contributed by atoms with Crippen LogP contribution in [0.2, 0.25) is 0 Å². The van der Waals surface area contributed by atoms with Gasteiger partial charge < -0.3 is 0 Å².